The maximum Gasteiger partial charge on any atom is 0.251 e. The van der Waals surface area contributed by atoms with Gasteiger partial charge >= 0.3 is 0 Å². The molecule has 1 saturated heterocycles. The van der Waals surface area contributed by atoms with Crippen LogP contribution in [0.25, 0.3) is 0 Å². The monoisotopic (exact) mass is 365 g/mol. The number of amides is 3. The summed E-state index contributed by atoms with van der Waals surface area (Å²) >= 11 is 0. The Morgan fingerprint density at radius 3 is 2.63 bits per heavy atom. The molecule has 6 nitrogen and oxygen atoms in total. The molecule has 1 fully saturated rings. The van der Waals surface area contributed by atoms with Gasteiger partial charge in [-0.05, 0) is 30.2 Å². The predicted octanol–water partition coefficient (Wildman–Crippen LogP) is 2.08. The number of carbonyl (C=O) groups is 3. The lowest BCUT2D eigenvalue weighted by atomic mass is 10.1. The summed E-state index contributed by atoms with van der Waals surface area (Å²) in [5, 5.41) is 5.37. The molecule has 0 unspecified atom stereocenters. The summed E-state index contributed by atoms with van der Waals surface area (Å²) in [6.07, 6.45) is 0.991. The van der Waals surface area contributed by atoms with Gasteiger partial charge in [0.2, 0.25) is 11.8 Å². The molecule has 140 valence electrons. The molecule has 3 amide bonds. The first kappa shape index (κ1) is 18.6. The van der Waals surface area contributed by atoms with E-state index in [1.807, 2.05) is 30.3 Å². The Bertz CT molecular complexity index is 836. The van der Waals surface area contributed by atoms with Crippen LogP contribution in [0.15, 0.2) is 54.6 Å². The van der Waals surface area contributed by atoms with Crippen molar-refractivity contribution in [2.24, 2.45) is 5.92 Å². The van der Waals surface area contributed by atoms with Crippen LogP contribution in [0.5, 0.6) is 0 Å². The fourth-order valence-corrected chi connectivity index (χ4v) is 3.20. The molecule has 2 aromatic carbocycles. The molecule has 27 heavy (non-hydrogen) atoms. The van der Waals surface area contributed by atoms with E-state index in [2.05, 4.69) is 10.6 Å². The van der Waals surface area contributed by atoms with Gasteiger partial charge in [0.25, 0.3) is 5.91 Å². The van der Waals surface area contributed by atoms with Crippen molar-refractivity contribution in [3.63, 3.8) is 0 Å². The van der Waals surface area contributed by atoms with Crippen LogP contribution < -0.4 is 10.6 Å². The van der Waals surface area contributed by atoms with Crippen molar-refractivity contribution in [1.29, 1.82) is 0 Å². The molecule has 0 bridgehead atoms. The lowest BCUT2D eigenvalue weighted by molar-refractivity contribution is -0.128. The summed E-state index contributed by atoms with van der Waals surface area (Å²) in [5.74, 6) is -0.782. The molecule has 1 aliphatic rings. The molecule has 0 spiro atoms. The number of benzene rings is 2. The molecule has 1 aliphatic heterocycles. The number of nitrogens with zero attached hydrogens (tertiary/aromatic N) is 1. The Morgan fingerprint density at radius 2 is 1.89 bits per heavy atom. The van der Waals surface area contributed by atoms with Gasteiger partial charge in [-0.25, -0.2) is 0 Å². The van der Waals surface area contributed by atoms with E-state index in [4.69, 9.17) is 0 Å². The summed E-state index contributed by atoms with van der Waals surface area (Å²) in [6.45, 7) is 1.03. The van der Waals surface area contributed by atoms with Gasteiger partial charge in [0.15, 0.2) is 0 Å². The maximum atomic E-state index is 12.5. The minimum absolute atomic E-state index is 0.00481. The second-order valence-electron chi connectivity index (χ2n) is 6.63. The van der Waals surface area contributed by atoms with E-state index >= 15 is 0 Å². The van der Waals surface area contributed by atoms with E-state index in [0.29, 0.717) is 24.3 Å². The van der Waals surface area contributed by atoms with Gasteiger partial charge in [0, 0.05) is 37.8 Å². The zero-order valence-corrected chi connectivity index (χ0v) is 15.3. The minimum Gasteiger partial charge on any atom is -0.355 e. The predicted molar refractivity (Wildman–Crippen MR) is 103 cm³/mol. The van der Waals surface area contributed by atoms with E-state index in [1.54, 1.807) is 36.2 Å². The van der Waals surface area contributed by atoms with Crippen molar-refractivity contribution in [1.82, 2.24) is 10.2 Å². The van der Waals surface area contributed by atoms with Gasteiger partial charge in [-0.15, -0.1) is 0 Å². The Labute approximate surface area is 158 Å². The Morgan fingerprint density at radius 1 is 1.11 bits per heavy atom. The number of anilines is 1. The van der Waals surface area contributed by atoms with Crippen molar-refractivity contribution in [3.8, 4) is 0 Å². The normalized spacial score (nSPS) is 16.3. The summed E-state index contributed by atoms with van der Waals surface area (Å²) in [5.41, 5.74) is 2.20. The second-order valence-corrected chi connectivity index (χ2v) is 6.63. The average Bonchev–Trinajstić information content (AvgIpc) is 3.07. The standard InChI is InChI=1S/C21H23N3O3/c1-22-20(26)16-8-5-9-18(12-16)23-21(27)17-13-19(25)24(14-17)11-10-15-6-3-2-4-7-15/h2-9,12,17H,10-11,13-14H2,1H3,(H,22,26)(H,23,27)/t17-/m1/s1. The summed E-state index contributed by atoms with van der Waals surface area (Å²) in [6, 6.07) is 16.7. The molecular weight excluding hydrogens is 342 g/mol. The van der Waals surface area contributed by atoms with Crippen molar-refractivity contribution in [2.75, 3.05) is 25.5 Å². The van der Waals surface area contributed by atoms with Gasteiger partial charge in [-0.2, -0.15) is 0 Å². The van der Waals surface area contributed by atoms with Gasteiger partial charge in [0.05, 0.1) is 5.92 Å². The van der Waals surface area contributed by atoms with Gasteiger partial charge in [-0.3, -0.25) is 14.4 Å². The fourth-order valence-electron chi connectivity index (χ4n) is 3.20. The highest BCUT2D eigenvalue weighted by atomic mass is 16.2. The highest BCUT2D eigenvalue weighted by Crippen LogP contribution is 2.21. The van der Waals surface area contributed by atoms with Crippen LogP contribution >= 0.6 is 0 Å². The molecule has 0 saturated carbocycles. The number of carbonyl (C=O) groups excluding carboxylic acids is 3. The average molecular weight is 365 g/mol. The smallest absolute Gasteiger partial charge is 0.251 e. The zero-order valence-electron chi connectivity index (χ0n) is 15.3. The zero-order chi connectivity index (χ0) is 19.2. The van der Waals surface area contributed by atoms with E-state index in [1.165, 1.54) is 5.56 Å². The number of likely N-dealkylation sites (tertiary alicyclic amines) is 1. The third kappa shape index (κ3) is 4.73. The van der Waals surface area contributed by atoms with Crippen LogP contribution in [0, 0.1) is 5.92 Å². The summed E-state index contributed by atoms with van der Waals surface area (Å²) < 4.78 is 0. The van der Waals surface area contributed by atoms with Crippen LogP contribution in [0.2, 0.25) is 0 Å². The Balaban J connectivity index is 1.56. The van der Waals surface area contributed by atoms with Crippen LogP contribution in [-0.2, 0) is 16.0 Å². The van der Waals surface area contributed by atoms with Crippen molar-refractivity contribution < 1.29 is 14.4 Å². The molecule has 3 rings (SSSR count). The van der Waals surface area contributed by atoms with Crippen LogP contribution in [0.4, 0.5) is 5.69 Å². The molecule has 1 heterocycles. The second kappa shape index (κ2) is 8.49. The third-order valence-corrected chi connectivity index (χ3v) is 4.72. The summed E-state index contributed by atoms with van der Waals surface area (Å²) in [4.78, 5) is 38.2. The topological polar surface area (TPSA) is 78.5 Å². The van der Waals surface area contributed by atoms with E-state index in [9.17, 15) is 14.4 Å². The molecular formula is C21H23N3O3. The fraction of sp³-hybridized carbons (Fsp3) is 0.286. The number of hydrogen-bond acceptors (Lipinski definition) is 3. The van der Waals surface area contributed by atoms with E-state index in [0.717, 1.165) is 6.42 Å². The first-order chi connectivity index (χ1) is 13.1. The van der Waals surface area contributed by atoms with E-state index < -0.39 is 0 Å². The van der Waals surface area contributed by atoms with Crippen molar-refractivity contribution >= 4 is 23.4 Å². The van der Waals surface area contributed by atoms with Gasteiger partial charge in [-0.1, -0.05) is 36.4 Å². The first-order valence-electron chi connectivity index (χ1n) is 9.01. The molecule has 0 aliphatic carbocycles. The van der Waals surface area contributed by atoms with Crippen molar-refractivity contribution in [2.45, 2.75) is 12.8 Å². The number of hydrogen-bond donors (Lipinski definition) is 2. The van der Waals surface area contributed by atoms with Gasteiger partial charge < -0.3 is 15.5 Å². The largest absolute Gasteiger partial charge is 0.355 e. The molecule has 1 atom stereocenters. The maximum absolute atomic E-state index is 12.5. The molecule has 6 heteroatoms. The highest BCUT2D eigenvalue weighted by molar-refractivity contribution is 5.99. The van der Waals surface area contributed by atoms with Crippen molar-refractivity contribution in [3.05, 3.63) is 65.7 Å². The Hall–Kier alpha value is -3.15. The molecule has 0 aromatic heterocycles. The summed E-state index contributed by atoms with van der Waals surface area (Å²) in [7, 11) is 1.56. The van der Waals surface area contributed by atoms with Crippen LogP contribution in [0.3, 0.4) is 0 Å². The third-order valence-electron chi connectivity index (χ3n) is 4.72. The van der Waals surface area contributed by atoms with Crippen LogP contribution in [0.1, 0.15) is 22.3 Å². The number of rotatable bonds is 6. The highest BCUT2D eigenvalue weighted by Gasteiger charge is 2.34. The molecule has 0 radical (unpaired) electrons. The molecule has 2 N–H and O–H groups in total. The number of nitrogens with one attached hydrogen (secondary N) is 2. The van der Waals surface area contributed by atoms with Crippen LogP contribution in [-0.4, -0.2) is 42.8 Å². The lowest BCUT2D eigenvalue weighted by Gasteiger charge is -2.16. The minimum atomic E-state index is -0.378. The Kier molecular flexibility index (Phi) is 5.86. The molecule has 2 aromatic rings. The quantitative estimate of drug-likeness (QED) is 0.823. The van der Waals surface area contributed by atoms with Gasteiger partial charge in [0.1, 0.15) is 0 Å². The first-order valence-corrected chi connectivity index (χ1v) is 9.01. The SMILES string of the molecule is CNC(=O)c1cccc(NC(=O)[C@@H]2CC(=O)N(CCc3ccccc3)C2)c1. The lowest BCUT2D eigenvalue weighted by Crippen LogP contribution is -2.30. The van der Waals surface area contributed by atoms with E-state index in [-0.39, 0.29) is 30.1 Å².